The van der Waals surface area contributed by atoms with Crippen LogP contribution in [0.4, 0.5) is 5.69 Å². The third kappa shape index (κ3) is 4.19. The summed E-state index contributed by atoms with van der Waals surface area (Å²) in [5, 5.41) is 2.61. The monoisotopic (exact) mass is 347 g/mol. The first-order valence-electron chi connectivity index (χ1n) is 6.94. The van der Waals surface area contributed by atoms with Crippen LogP contribution in [0.1, 0.15) is 20.3 Å². The number of nitrogens with one attached hydrogen (secondary N) is 1. The number of nitrogens with two attached hydrogens (primary N) is 1. The summed E-state index contributed by atoms with van der Waals surface area (Å²) in [4.78, 5) is 11.2. The molecule has 0 aromatic heterocycles. The minimum absolute atomic E-state index is 0. The molecule has 1 heterocycles. The Kier molecular flexibility index (Phi) is 6.37. The summed E-state index contributed by atoms with van der Waals surface area (Å²) in [6.07, 6.45) is 0.793. The molecule has 1 fully saturated rings. The van der Waals surface area contributed by atoms with Crippen LogP contribution in [0, 0.1) is 5.92 Å². The highest BCUT2D eigenvalue weighted by Gasteiger charge is 2.33. The second kappa shape index (κ2) is 7.41. The summed E-state index contributed by atoms with van der Waals surface area (Å²) < 4.78 is 26.5. The molecule has 8 heteroatoms. The molecule has 0 spiro atoms. The van der Waals surface area contributed by atoms with Crippen molar-refractivity contribution in [2.24, 2.45) is 11.7 Å². The van der Waals surface area contributed by atoms with Crippen molar-refractivity contribution in [3.05, 3.63) is 24.3 Å². The number of carbonyl (C=O) groups is 1. The van der Waals surface area contributed by atoms with Gasteiger partial charge in [0.05, 0.1) is 4.90 Å². The van der Waals surface area contributed by atoms with Gasteiger partial charge in [-0.2, -0.15) is 4.31 Å². The van der Waals surface area contributed by atoms with Gasteiger partial charge in [0.1, 0.15) is 0 Å². The maximum absolute atomic E-state index is 12.5. The number of hydrogen-bond donors (Lipinski definition) is 2. The summed E-state index contributed by atoms with van der Waals surface area (Å²) >= 11 is 0. The number of hydrogen-bond acceptors (Lipinski definition) is 4. The van der Waals surface area contributed by atoms with Crippen LogP contribution in [0.25, 0.3) is 0 Å². The van der Waals surface area contributed by atoms with Crippen molar-refractivity contribution < 1.29 is 13.2 Å². The largest absolute Gasteiger partial charge is 0.328 e. The third-order valence-electron chi connectivity index (χ3n) is 3.74. The quantitative estimate of drug-likeness (QED) is 0.861. The van der Waals surface area contributed by atoms with E-state index in [1.807, 2.05) is 6.92 Å². The number of nitrogens with zero attached hydrogens (tertiary/aromatic N) is 1. The predicted octanol–water partition coefficient (Wildman–Crippen LogP) is 1.42. The van der Waals surface area contributed by atoms with Crippen molar-refractivity contribution in [1.29, 1.82) is 0 Å². The Morgan fingerprint density at radius 1 is 1.36 bits per heavy atom. The van der Waals surface area contributed by atoms with E-state index in [9.17, 15) is 13.2 Å². The van der Waals surface area contributed by atoms with Crippen molar-refractivity contribution in [2.45, 2.75) is 31.2 Å². The zero-order valence-electron chi connectivity index (χ0n) is 12.7. The molecule has 2 unspecified atom stereocenters. The second-order valence-electron chi connectivity index (χ2n) is 5.48. The fourth-order valence-electron chi connectivity index (χ4n) is 2.46. The van der Waals surface area contributed by atoms with E-state index >= 15 is 0 Å². The van der Waals surface area contributed by atoms with Gasteiger partial charge in [-0.3, -0.25) is 4.79 Å². The number of sulfonamides is 1. The molecule has 3 N–H and O–H groups in total. The van der Waals surface area contributed by atoms with Crippen molar-refractivity contribution in [1.82, 2.24) is 4.31 Å². The zero-order chi connectivity index (χ0) is 15.6. The molecule has 0 saturated carbocycles. The summed E-state index contributed by atoms with van der Waals surface area (Å²) in [5.74, 6) is 0.0170. The molecule has 0 radical (unpaired) electrons. The average molecular weight is 348 g/mol. The molecule has 0 aliphatic carbocycles. The number of halogens is 1. The number of benzene rings is 1. The SMILES string of the molecule is CC(=O)Nc1ccc(S(=O)(=O)N2CCC(C(C)N)C2)cc1.Cl. The van der Waals surface area contributed by atoms with Crippen molar-refractivity contribution in [2.75, 3.05) is 18.4 Å². The molecular formula is C14H22ClN3O3S. The molecule has 22 heavy (non-hydrogen) atoms. The Morgan fingerprint density at radius 3 is 2.41 bits per heavy atom. The van der Waals surface area contributed by atoms with Crippen LogP contribution in [-0.4, -0.2) is 37.8 Å². The third-order valence-corrected chi connectivity index (χ3v) is 5.62. The molecule has 0 bridgehead atoms. The smallest absolute Gasteiger partial charge is 0.243 e. The Labute approximate surface area is 137 Å². The molecule has 1 aliphatic heterocycles. The lowest BCUT2D eigenvalue weighted by Crippen LogP contribution is -2.33. The van der Waals surface area contributed by atoms with Crippen LogP contribution in [0.3, 0.4) is 0 Å². The summed E-state index contributed by atoms with van der Waals surface area (Å²) in [6.45, 7) is 4.28. The second-order valence-corrected chi connectivity index (χ2v) is 7.41. The molecule has 6 nitrogen and oxygen atoms in total. The molecule has 124 valence electrons. The van der Waals surface area contributed by atoms with Crippen molar-refractivity contribution in [3.63, 3.8) is 0 Å². The summed E-state index contributed by atoms with van der Waals surface area (Å²) in [5.41, 5.74) is 6.43. The van der Waals surface area contributed by atoms with E-state index in [1.54, 1.807) is 12.1 Å². The van der Waals surface area contributed by atoms with Gasteiger partial charge in [0.2, 0.25) is 15.9 Å². The van der Waals surface area contributed by atoms with Crippen LogP contribution >= 0.6 is 12.4 Å². The first kappa shape index (κ1) is 18.9. The lowest BCUT2D eigenvalue weighted by atomic mass is 10.0. The van der Waals surface area contributed by atoms with E-state index in [1.165, 1.54) is 23.4 Å². The highest BCUT2D eigenvalue weighted by atomic mass is 35.5. The summed E-state index contributed by atoms with van der Waals surface area (Å²) in [7, 11) is -3.49. The topological polar surface area (TPSA) is 92.5 Å². The Balaban J connectivity index is 0.00000242. The molecule has 2 atom stereocenters. The minimum Gasteiger partial charge on any atom is -0.328 e. The van der Waals surface area contributed by atoms with Crippen molar-refractivity contribution >= 4 is 34.0 Å². The van der Waals surface area contributed by atoms with Gasteiger partial charge in [0, 0.05) is 31.7 Å². The van der Waals surface area contributed by atoms with E-state index in [0.29, 0.717) is 18.8 Å². The van der Waals surface area contributed by atoms with Crippen LogP contribution in [-0.2, 0) is 14.8 Å². The van der Waals surface area contributed by atoms with Gasteiger partial charge in [-0.1, -0.05) is 0 Å². The first-order valence-corrected chi connectivity index (χ1v) is 8.38. The van der Waals surface area contributed by atoms with Gasteiger partial charge >= 0.3 is 0 Å². The fourth-order valence-corrected chi connectivity index (χ4v) is 3.98. The van der Waals surface area contributed by atoms with Gasteiger partial charge in [-0.05, 0) is 43.5 Å². The lowest BCUT2D eigenvalue weighted by Gasteiger charge is -2.18. The Morgan fingerprint density at radius 2 is 1.95 bits per heavy atom. The highest BCUT2D eigenvalue weighted by Crippen LogP contribution is 2.26. The standard InChI is InChI=1S/C14H21N3O3S.ClH/c1-10(15)12-7-8-17(9-12)21(19,20)14-5-3-13(4-6-14)16-11(2)18;/h3-6,10,12H,7-9,15H2,1-2H3,(H,16,18);1H. The number of anilines is 1. The fraction of sp³-hybridized carbons (Fsp3) is 0.500. The maximum Gasteiger partial charge on any atom is 0.243 e. The van der Waals surface area contributed by atoms with Crippen molar-refractivity contribution in [3.8, 4) is 0 Å². The normalized spacial score (nSPS) is 20.2. The van der Waals surface area contributed by atoms with E-state index in [2.05, 4.69) is 5.32 Å². The molecule has 1 aromatic carbocycles. The van der Waals surface area contributed by atoms with Crippen LogP contribution in [0.15, 0.2) is 29.2 Å². The average Bonchev–Trinajstić information content (AvgIpc) is 2.89. The number of carbonyl (C=O) groups excluding carboxylic acids is 1. The van der Waals surface area contributed by atoms with Gasteiger partial charge in [-0.15, -0.1) is 12.4 Å². The summed E-state index contributed by atoms with van der Waals surface area (Å²) in [6, 6.07) is 6.20. The van der Waals surface area contributed by atoms with Crippen LogP contribution in [0.5, 0.6) is 0 Å². The molecule has 1 amide bonds. The molecule has 2 rings (SSSR count). The zero-order valence-corrected chi connectivity index (χ0v) is 14.3. The number of rotatable bonds is 4. The van der Waals surface area contributed by atoms with E-state index in [4.69, 9.17) is 5.73 Å². The molecule has 1 aromatic rings. The Hall–Kier alpha value is -1.15. The molecule has 1 aliphatic rings. The molecular weight excluding hydrogens is 326 g/mol. The highest BCUT2D eigenvalue weighted by molar-refractivity contribution is 7.89. The van der Waals surface area contributed by atoms with Gasteiger partial charge in [0.25, 0.3) is 0 Å². The van der Waals surface area contributed by atoms with Gasteiger partial charge in [-0.25, -0.2) is 8.42 Å². The first-order chi connectivity index (χ1) is 9.80. The maximum atomic E-state index is 12.5. The van der Waals surface area contributed by atoms with Crippen LogP contribution < -0.4 is 11.1 Å². The molecule has 1 saturated heterocycles. The van der Waals surface area contributed by atoms with E-state index in [-0.39, 0.29) is 35.2 Å². The van der Waals surface area contributed by atoms with Gasteiger partial charge in [0.15, 0.2) is 0 Å². The lowest BCUT2D eigenvalue weighted by molar-refractivity contribution is -0.114. The van der Waals surface area contributed by atoms with Gasteiger partial charge < -0.3 is 11.1 Å². The number of amides is 1. The minimum atomic E-state index is -3.49. The van der Waals surface area contributed by atoms with E-state index in [0.717, 1.165) is 6.42 Å². The predicted molar refractivity (Wildman–Crippen MR) is 88.5 cm³/mol. The van der Waals surface area contributed by atoms with E-state index < -0.39 is 10.0 Å². The van der Waals surface area contributed by atoms with Crippen LogP contribution in [0.2, 0.25) is 0 Å². The Bertz CT molecular complexity index is 617.